The van der Waals surface area contributed by atoms with Crippen molar-refractivity contribution in [3.8, 4) is 67.7 Å². The molecule has 62 heavy (non-hydrogen) atoms. The first kappa shape index (κ1) is 35.5. The maximum Gasteiger partial charge on any atom is 0.164 e. The lowest BCUT2D eigenvalue weighted by atomic mass is 9.91. The largest absolute Gasteiger partial charge is 0.252 e. The molecule has 10 aromatic carbocycles. The molecule has 0 bridgehead atoms. The third-order valence-corrected chi connectivity index (χ3v) is 11.9. The fourth-order valence-corrected chi connectivity index (χ4v) is 8.93. The third-order valence-electron chi connectivity index (χ3n) is 11.9. The molecular formula is C57H35N5. The Bertz CT molecular complexity index is 3660. The molecule has 0 saturated heterocycles. The van der Waals surface area contributed by atoms with Crippen molar-refractivity contribution in [3.63, 3.8) is 0 Å². The third kappa shape index (κ3) is 6.14. The van der Waals surface area contributed by atoms with Gasteiger partial charge in [0.05, 0.1) is 22.9 Å². The summed E-state index contributed by atoms with van der Waals surface area (Å²) in [7, 11) is 0. The minimum Gasteiger partial charge on any atom is -0.252 e. The van der Waals surface area contributed by atoms with Gasteiger partial charge in [-0.3, -0.25) is 4.98 Å². The summed E-state index contributed by atoms with van der Waals surface area (Å²) in [6.45, 7) is 0. The fraction of sp³-hybridized carbons (Fsp3) is 0. The van der Waals surface area contributed by atoms with Gasteiger partial charge in [0, 0.05) is 33.0 Å². The van der Waals surface area contributed by atoms with Crippen LogP contribution in [-0.2, 0) is 0 Å². The molecule has 0 N–H and O–H groups in total. The zero-order valence-corrected chi connectivity index (χ0v) is 33.4. The molecule has 0 aliphatic carbocycles. The molecule has 0 amide bonds. The average molecular weight is 790 g/mol. The van der Waals surface area contributed by atoms with Gasteiger partial charge in [-0.15, -0.1) is 0 Å². The molecule has 0 radical (unpaired) electrons. The molecule has 0 unspecified atom stereocenters. The lowest BCUT2D eigenvalue weighted by Crippen LogP contribution is -2.01. The Balaban J connectivity index is 1.12. The highest BCUT2D eigenvalue weighted by Crippen LogP contribution is 2.40. The molecule has 288 valence electrons. The number of hydrogen-bond donors (Lipinski definition) is 0. The molecule has 5 nitrogen and oxygen atoms in total. The highest BCUT2D eigenvalue weighted by molar-refractivity contribution is 6.23. The zero-order valence-electron chi connectivity index (χ0n) is 33.4. The smallest absolute Gasteiger partial charge is 0.164 e. The van der Waals surface area contributed by atoms with E-state index in [0.717, 1.165) is 82.8 Å². The lowest BCUT2D eigenvalue weighted by molar-refractivity contribution is 1.07. The monoisotopic (exact) mass is 789 g/mol. The second-order valence-corrected chi connectivity index (χ2v) is 15.7. The van der Waals surface area contributed by atoms with Gasteiger partial charge < -0.3 is 0 Å². The van der Waals surface area contributed by atoms with E-state index >= 15 is 0 Å². The Kier molecular flexibility index (Phi) is 8.42. The van der Waals surface area contributed by atoms with Gasteiger partial charge in [0.25, 0.3) is 0 Å². The minimum absolute atomic E-state index is 0.567. The van der Waals surface area contributed by atoms with E-state index in [1.165, 1.54) is 21.5 Å². The van der Waals surface area contributed by atoms with Crippen molar-refractivity contribution in [2.24, 2.45) is 0 Å². The van der Waals surface area contributed by atoms with Crippen LogP contribution in [0.25, 0.3) is 122 Å². The SMILES string of the molecule is c1ccc(-c2cccc(-c3nc(-c4ccccc4)nc(-c4cc(-c5cnc6c7ccccc7c7ccccc7c6n5)cc(-c5cc6ccccc6c6ccccc56)c4)n3)c2)cc1. The maximum absolute atomic E-state index is 5.46. The number of nitrogens with zero attached hydrogens (tertiary/aromatic N) is 5. The molecule has 2 aromatic heterocycles. The first-order valence-electron chi connectivity index (χ1n) is 20.8. The highest BCUT2D eigenvalue weighted by atomic mass is 15.0. The zero-order chi connectivity index (χ0) is 41.0. The topological polar surface area (TPSA) is 64.5 Å². The summed E-state index contributed by atoms with van der Waals surface area (Å²) in [4.78, 5) is 26.3. The Morgan fingerprint density at radius 2 is 0.726 bits per heavy atom. The predicted molar refractivity (Wildman–Crippen MR) is 256 cm³/mol. The van der Waals surface area contributed by atoms with Crippen molar-refractivity contribution >= 4 is 54.1 Å². The first-order chi connectivity index (χ1) is 30.7. The normalized spacial score (nSPS) is 11.5. The van der Waals surface area contributed by atoms with E-state index in [9.17, 15) is 0 Å². The van der Waals surface area contributed by atoms with Crippen LogP contribution in [0, 0.1) is 0 Å². The van der Waals surface area contributed by atoms with Crippen LogP contribution in [0.4, 0.5) is 0 Å². The van der Waals surface area contributed by atoms with Gasteiger partial charge in [0.1, 0.15) is 0 Å². The Labute approximate surface area is 357 Å². The quantitative estimate of drug-likeness (QED) is 0.157. The number of aromatic nitrogens is 5. The van der Waals surface area contributed by atoms with Gasteiger partial charge in [0.15, 0.2) is 17.5 Å². The van der Waals surface area contributed by atoms with Crippen LogP contribution >= 0.6 is 0 Å². The van der Waals surface area contributed by atoms with Crippen molar-refractivity contribution in [2.75, 3.05) is 0 Å². The average Bonchev–Trinajstić information content (AvgIpc) is 3.36. The fourth-order valence-electron chi connectivity index (χ4n) is 8.93. The summed E-state index contributed by atoms with van der Waals surface area (Å²) in [6, 6.07) is 72.1. The van der Waals surface area contributed by atoms with E-state index in [0.29, 0.717) is 17.5 Å². The summed E-state index contributed by atoms with van der Waals surface area (Å²) in [5.41, 5.74) is 10.4. The second-order valence-electron chi connectivity index (χ2n) is 15.7. The van der Waals surface area contributed by atoms with E-state index in [4.69, 9.17) is 24.9 Å². The molecule has 5 heteroatoms. The van der Waals surface area contributed by atoms with E-state index in [1.807, 2.05) is 42.6 Å². The molecule has 2 heterocycles. The predicted octanol–water partition coefficient (Wildman–Crippen LogP) is 14.4. The summed E-state index contributed by atoms with van der Waals surface area (Å²) >= 11 is 0. The van der Waals surface area contributed by atoms with Crippen molar-refractivity contribution < 1.29 is 0 Å². The van der Waals surface area contributed by atoms with Crippen molar-refractivity contribution in [1.82, 2.24) is 24.9 Å². The van der Waals surface area contributed by atoms with Gasteiger partial charge in [-0.2, -0.15) is 0 Å². The molecule has 0 aliphatic rings. The first-order valence-corrected chi connectivity index (χ1v) is 20.8. The summed E-state index contributed by atoms with van der Waals surface area (Å²) in [5, 5.41) is 9.22. The van der Waals surface area contributed by atoms with Crippen LogP contribution < -0.4 is 0 Å². The summed E-state index contributed by atoms with van der Waals surface area (Å²) < 4.78 is 0. The second kappa shape index (κ2) is 14.7. The van der Waals surface area contributed by atoms with E-state index < -0.39 is 0 Å². The van der Waals surface area contributed by atoms with Crippen LogP contribution in [0.1, 0.15) is 0 Å². The molecule has 0 aliphatic heterocycles. The van der Waals surface area contributed by atoms with Crippen molar-refractivity contribution in [1.29, 1.82) is 0 Å². The van der Waals surface area contributed by atoms with E-state index in [-0.39, 0.29) is 0 Å². The molecule has 0 spiro atoms. The molecule has 0 saturated carbocycles. The van der Waals surface area contributed by atoms with Gasteiger partial charge >= 0.3 is 0 Å². The van der Waals surface area contributed by atoms with Crippen molar-refractivity contribution in [2.45, 2.75) is 0 Å². The Hall–Kier alpha value is -8.41. The minimum atomic E-state index is 0.567. The van der Waals surface area contributed by atoms with Crippen LogP contribution in [0.2, 0.25) is 0 Å². The summed E-state index contributed by atoms with van der Waals surface area (Å²) in [6.07, 6.45) is 1.91. The summed E-state index contributed by atoms with van der Waals surface area (Å²) in [5.74, 6) is 1.76. The molecule has 0 fully saturated rings. The number of fused-ring (bicyclic) bond motifs is 9. The number of rotatable bonds is 6. The molecular weight excluding hydrogens is 755 g/mol. The van der Waals surface area contributed by atoms with Gasteiger partial charge in [0.2, 0.25) is 0 Å². The van der Waals surface area contributed by atoms with Crippen molar-refractivity contribution in [3.05, 3.63) is 212 Å². The highest BCUT2D eigenvalue weighted by Gasteiger charge is 2.19. The van der Waals surface area contributed by atoms with E-state index in [1.54, 1.807) is 0 Å². The van der Waals surface area contributed by atoms with E-state index in [2.05, 4.69) is 170 Å². The lowest BCUT2D eigenvalue weighted by Gasteiger charge is -2.15. The Morgan fingerprint density at radius 3 is 1.44 bits per heavy atom. The van der Waals surface area contributed by atoms with Crippen LogP contribution in [0.15, 0.2) is 212 Å². The van der Waals surface area contributed by atoms with Crippen LogP contribution in [-0.4, -0.2) is 24.9 Å². The van der Waals surface area contributed by atoms with Gasteiger partial charge in [-0.25, -0.2) is 19.9 Å². The molecule has 12 aromatic rings. The molecule has 0 atom stereocenters. The van der Waals surface area contributed by atoms with Gasteiger partial charge in [-0.1, -0.05) is 176 Å². The number of hydrogen-bond acceptors (Lipinski definition) is 5. The molecule has 12 rings (SSSR count). The van der Waals surface area contributed by atoms with Gasteiger partial charge in [-0.05, 0) is 84.9 Å². The van der Waals surface area contributed by atoms with Crippen LogP contribution in [0.5, 0.6) is 0 Å². The standard InChI is InChI=1S/C57H35N5/c1-3-16-36(17-4-1)38-21-15-22-40(30-38)56-60-55(37-18-5-2-6-19-37)61-57(62-56)43-32-41(51-34-39-20-7-8-23-44(39)45-24-9-10-27-48(45)51)31-42(33-43)52-35-58-53-49-28-13-11-25-46(49)47-26-12-14-29-50(47)54(53)59-52/h1-35H. The maximum atomic E-state index is 5.46. The van der Waals surface area contributed by atoms with Crippen LogP contribution in [0.3, 0.4) is 0 Å². The number of benzene rings is 10. The Morgan fingerprint density at radius 1 is 0.258 bits per heavy atom.